The molecule has 3 aromatic rings. The van der Waals surface area contributed by atoms with E-state index in [-0.39, 0.29) is 22.6 Å². The Morgan fingerprint density at radius 3 is 2.68 bits per heavy atom. The van der Waals surface area contributed by atoms with Gasteiger partial charge in [-0.1, -0.05) is 0 Å². The molecule has 1 aliphatic heterocycles. The lowest BCUT2D eigenvalue weighted by atomic mass is 9.84. The SMILES string of the molecule is N#Cc1cnc2c(Nc3cc(F)c(F)c(C4(CF)CC(C(F)(F)F)OC(N)=N4)c3)nccc2c1. The van der Waals surface area contributed by atoms with Crippen molar-refractivity contribution in [2.45, 2.75) is 24.2 Å². The predicted molar refractivity (Wildman–Crippen MR) is 109 cm³/mol. The van der Waals surface area contributed by atoms with Gasteiger partial charge in [0.2, 0.25) is 0 Å². The Labute approximate surface area is 187 Å². The molecule has 4 rings (SSSR count). The van der Waals surface area contributed by atoms with E-state index < -0.39 is 54.1 Å². The van der Waals surface area contributed by atoms with Gasteiger partial charge in [0.1, 0.15) is 23.8 Å². The summed E-state index contributed by atoms with van der Waals surface area (Å²) in [5.41, 5.74) is 2.48. The molecule has 0 bridgehead atoms. The molecule has 2 aromatic heterocycles. The number of aromatic nitrogens is 2. The van der Waals surface area contributed by atoms with Crippen LogP contribution in [0.5, 0.6) is 0 Å². The van der Waals surface area contributed by atoms with Gasteiger partial charge in [-0.05, 0) is 18.2 Å². The molecule has 7 nitrogen and oxygen atoms in total. The second-order valence-electron chi connectivity index (χ2n) is 7.48. The summed E-state index contributed by atoms with van der Waals surface area (Å²) in [6.45, 7) is -1.60. The molecule has 2 unspecified atom stereocenters. The normalized spacial score (nSPS) is 20.4. The van der Waals surface area contributed by atoms with Crippen LogP contribution in [-0.4, -0.2) is 34.9 Å². The molecule has 0 saturated heterocycles. The fraction of sp³-hybridized carbons (Fsp3) is 0.238. The number of fused-ring (bicyclic) bond motifs is 1. The maximum absolute atomic E-state index is 14.8. The second-order valence-corrected chi connectivity index (χ2v) is 7.48. The Morgan fingerprint density at radius 2 is 2.00 bits per heavy atom. The second kappa shape index (κ2) is 8.36. The summed E-state index contributed by atoms with van der Waals surface area (Å²) in [7, 11) is 0. The molecule has 3 N–H and O–H groups in total. The first kappa shape index (κ1) is 23.1. The molecule has 176 valence electrons. The van der Waals surface area contributed by atoms with Crippen LogP contribution >= 0.6 is 0 Å². The van der Waals surface area contributed by atoms with Gasteiger partial charge in [0.15, 0.2) is 23.6 Å². The number of nitriles is 1. The predicted octanol–water partition coefficient (Wildman–Crippen LogP) is 4.35. The van der Waals surface area contributed by atoms with Crippen LogP contribution in [0.15, 0.2) is 41.7 Å². The lowest BCUT2D eigenvalue weighted by Crippen LogP contribution is -2.48. The number of ether oxygens (including phenoxy) is 1. The Morgan fingerprint density at radius 1 is 1.24 bits per heavy atom. The summed E-state index contributed by atoms with van der Waals surface area (Å²) in [6, 6.07) is 5.68. The number of amidine groups is 1. The van der Waals surface area contributed by atoms with Crippen LogP contribution in [0, 0.1) is 23.0 Å². The minimum atomic E-state index is -4.95. The molecular weight excluding hydrogens is 466 g/mol. The van der Waals surface area contributed by atoms with Gasteiger partial charge in [-0.25, -0.2) is 23.1 Å². The highest BCUT2D eigenvalue weighted by atomic mass is 19.4. The van der Waals surface area contributed by atoms with Crippen molar-refractivity contribution in [3.63, 3.8) is 0 Å². The number of alkyl halides is 4. The Kier molecular flexibility index (Phi) is 5.68. The minimum Gasteiger partial charge on any atom is -0.452 e. The van der Waals surface area contributed by atoms with E-state index in [0.717, 1.165) is 12.1 Å². The minimum absolute atomic E-state index is 0.0800. The molecule has 0 aliphatic carbocycles. The van der Waals surface area contributed by atoms with E-state index >= 15 is 0 Å². The third-order valence-electron chi connectivity index (χ3n) is 5.22. The van der Waals surface area contributed by atoms with Crippen molar-refractivity contribution >= 4 is 28.4 Å². The van der Waals surface area contributed by atoms with Crippen LogP contribution < -0.4 is 11.1 Å². The molecular formula is C21H14F6N6O. The summed E-state index contributed by atoms with van der Waals surface area (Å²) in [6.07, 6.45) is -6.03. The van der Waals surface area contributed by atoms with Crippen molar-refractivity contribution in [3.05, 3.63) is 59.4 Å². The fourth-order valence-corrected chi connectivity index (χ4v) is 3.64. The van der Waals surface area contributed by atoms with E-state index in [9.17, 15) is 26.3 Å². The molecule has 0 fully saturated rings. The quantitative estimate of drug-likeness (QED) is 0.538. The summed E-state index contributed by atoms with van der Waals surface area (Å²) < 4.78 is 87.7. The van der Waals surface area contributed by atoms with Gasteiger partial charge < -0.3 is 15.8 Å². The largest absolute Gasteiger partial charge is 0.452 e. The molecule has 2 atom stereocenters. The molecule has 34 heavy (non-hydrogen) atoms. The van der Waals surface area contributed by atoms with Gasteiger partial charge in [0.05, 0.1) is 5.56 Å². The van der Waals surface area contributed by atoms with Crippen LogP contribution in [-0.2, 0) is 10.3 Å². The molecule has 0 spiro atoms. The Balaban J connectivity index is 1.80. The highest BCUT2D eigenvalue weighted by Gasteiger charge is 2.52. The first-order valence-electron chi connectivity index (χ1n) is 9.62. The molecule has 0 saturated carbocycles. The number of benzene rings is 1. The van der Waals surface area contributed by atoms with E-state index in [4.69, 9.17) is 11.0 Å². The van der Waals surface area contributed by atoms with Gasteiger partial charge in [-0.15, -0.1) is 0 Å². The number of hydrogen-bond acceptors (Lipinski definition) is 7. The third kappa shape index (κ3) is 4.14. The smallest absolute Gasteiger partial charge is 0.425 e. The van der Waals surface area contributed by atoms with Gasteiger partial charge >= 0.3 is 6.18 Å². The van der Waals surface area contributed by atoms with Crippen LogP contribution in [0.25, 0.3) is 10.9 Å². The summed E-state index contributed by atoms with van der Waals surface area (Å²) in [5, 5.41) is 12.2. The number of pyridine rings is 2. The number of nitrogens with one attached hydrogen (secondary N) is 1. The number of aliphatic imine (C=N–C) groups is 1. The van der Waals surface area contributed by atoms with E-state index in [0.29, 0.717) is 5.39 Å². The van der Waals surface area contributed by atoms with E-state index in [2.05, 4.69) is 25.0 Å². The average molecular weight is 480 g/mol. The highest BCUT2D eigenvalue weighted by Crippen LogP contribution is 2.43. The lowest BCUT2D eigenvalue weighted by Gasteiger charge is -2.36. The van der Waals surface area contributed by atoms with Gasteiger partial charge in [-0.2, -0.15) is 18.4 Å². The standard InChI is InChI=1S/C21H14F6N6O/c22-9-20(6-15(21(25,26)27)34-19(29)33-20)13-4-12(5-14(23)16(13)24)32-18-17-11(1-2-30-18)3-10(7-28)8-31-17/h1-5,8,15H,6,9H2,(H2,29,33)(H,30,32). The van der Waals surface area contributed by atoms with Crippen molar-refractivity contribution in [1.29, 1.82) is 5.26 Å². The first-order chi connectivity index (χ1) is 16.1. The molecule has 13 heteroatoms. The number of hydrogen-bond donors (Lipinski definition) is 2. The van der Waals surface area contributed by atoms with Crippen molar-refractivity contribution in [3.8, 4) is 6.07 Å². The van der Waals surface area contributed by atoms with Crippen LogP contribution in [0.2, 0.25) is 0 Å². The zero-order chi connectivity index (χ0) is 24.7. The lowest BCUT2D eigenvalue weighted by molar-refractivity contribution is -0.209. The molecule has 1 aliphatic rings. The van der Waals surface area contributed by atoms with Crippen molar-refractivity contribution in [2.75, 3.05) is 12.0 Å². The van der Waals surface area contributed by atoms with Crippen molar-refractivity contribution in [2.24, 2.45) is 10.7 Å². The topological polar surface area (TPSA) is 109 Å². The Hall–Kier alpha value is -4.08. The van der Waals surface area contributed by atoms with Crippen LogP contribution in [0.4, 0.5) is 37.8 Å². The summed E-state index contributed by atoms with van der Waals surface area (Å²) >= 11 is 0. The number of halogens is 6. The van der Waals surface area contributed by atoms with Crippen LogP contribution in [0.3, 0.4) is 0 Å². The monoisotopic (exact) mass is 480 g/mol. The fourth-order valence-electron chi connectivity index (χ4n) is 3.64. The maximum Gasteiger partial charge on any atom is 0.425 e. The summed E-state index contributed by atoms with van der Waals surface area (Å²) in [4.78, 5) is 11.8. The molecule has 0 amide bonds. The van der Waals surface area contributed by atoms with Gasteiger partial charge in [0.25, 0.3) is 6.02 Å². The van der Waals surface area contributed by atoms with Crippen LogP contribution in [0.1, 0.15) is 17.5 Å². The first-order valence-corrected chi connectivity index (χ1v) is 9.62. The van der Waals surface area contributed by atoms with E-state index in [1.54, 1.807) is 6.07 Å². The average Bonchev–Trinajstić information content (AvgIpc) is 2.80. The number of anilines is 2. The zero-order valence-electron chi connectivity index (χ0n) is 17.0. The number of nitrogens with two attached hydrogens (primary N) is 1. The molecule has 3 heterocycles. The highest BCUT2D eigenvalue weighted by molar-refractivity contribution is 5.90. The molecule has 0 radical (unpaired) electrons. The van der Waals surface area contributed by atoms with Gasteiger partial charge in [0, 0.05) is 41.5 Å². The number of nitrogens with zero attached hydrogens (tertiary/aromatic N) is 4. The van der Waals surface area contributed by atoms with Crippen molar-refractivity contribution < 1.29 is 31.1 Å². The third-order valence-corrected chi connectivity index (χ3v) is 5.22. The summed E-state index contributed by atoms with van der Waals surface area (Å²) in [5.74, 6) is -2.96. The van der Waals surface area contributed by atoms with Crippen molar-refractivity contribution in [1.82, 2.24) is 9.97 Å². The van der Waals surface area contributed by atoms with Gasteiger partial charge in [-0.3, -0.25) is 4.98 Å². The van der Waals surface area contributed by atoms with E-state index in [1.165, 1.54) is 18.5 Å². The zero-order valence-corrected chi connectivity index (χ0v) is 17.0. The molecule has 1 aromatic carbocycles. The Bertz CT molecular complexity index is 1340. The van der Waals surface area contributed by atoms with E-state index in [1.807, 2.05) is 6.07 Å². The maximum atomic E-state index is 14.8. The number of rotatable bonds is 4.